The first-order valence-electron chi connectivity index (χ1n) is 19.4. The van der Waals surface area contributed by atoms with Gasteiger partial charge in [0.2, 0.25) is 0 Å². The summed E-state index contributed by atoms with van der Waals surface area (Å²) >= 11 is 0. The van der Waals surface area contributed by atoms with E-state index in [0.717, 1.165) is 76.9 Å². The molecule has 54 heavy (non-hydrogen) atoms. The Labute approximate surface area is 322 Å². The van der Waals surface area contributed by atoms with Gasteiger partial charge in [0, 0.05) is 51.0 Å². The predicted octanol–water partition coefficient (Wildman–Crippen LogP) is 9.36. The van der Waals surface area contributed by atoms with Crippen molar-refractivity contribution in [2.24, 2.45) is 4.99 Å². The second-order valence-electron chi connectivity index (χ2n) is 17.9. The highest BCUT2D eigenvalue weighted by molar-refractivity contribution is 6.76. The third kappa shape index (κ3) is 9.82. The van der Waals surface area contributed by atoms with Gasteiger partial charge in [0.05, 0.1) is 29.7 Å². The molecule has 0 radical (unpaired) electrons. The molecule has 6 rings (SSSR count). The number of aromatic nitrogens is 2. The Morgan fingerprint density at radius 2 is 1.43 bits per heavy atom. The van der Waals surface area contributed by atoms with Gasteiger partial charge in [-0.2, -0.15) is 0 Å². The Morgan fingerprint density at radius 3 is 2.06 bits per heavy atom. The quantitative estimate of drug-likeness (QED) is 0.129. The second kappa shape index (κ2) is 15.8. The number of fused-ring (bicyclic) bond motifs is 1. The SMILES string of the molecule is CC(C)(C)OC(=O)N1CCC[C@H]1C1=Nc2ccc(C#Cc3ccc(-c4cnc([C@@H]5CCCN5C(=O)OC(C)(C)C)n4COCC[Si](C)(C)C)cc3)cc2C1. The molecule has 0 saturated carbocycles. The average molecular weight is 752 g/mol. The molecule has 2 aromatic carbocycles. The smallest absolute Gasteiger partial charge is 0.410 e. The highest BCUT2D eigenvalue weighted by Gasteiger charge is 2.38. The van der Waals surface area contributed by atoms with Gasteiger partial charge in [-0.25, -0.2) is 14.6 Å². The van der Waals surface area contributed by atoms with Crippen LogP contribution in [0, 0.1) is 11.8 Å². The molecule has 2 saturated heterocycles. The number of amides is 2. The first kappa shape index (κ1) is 39.3. The van der Waals surface area contributed by atoms with Gasteiger partial charge in [0.1, 0.15) is 23.8 Å². The van der Waals surface area contributed by atoms with Gasteiger partial charge in [0.15, 0.2) is 0 Å². The van der Waals surface area contributed by atoms with E-state index in [1.807, 2.05) is 81.8 Å². The van der Waals surface area contributed by atoms with Crippen molar-refractivity contribution in [3.8, 4) is 23.1 Å². The minimum atomic E-state index is -1.27. The van der Waals surface area contributed by atoms with Crippen LogP contribution in [0.4, 0.5) is 15.3 Å². The number of aliphatic imine (C=N–C) groups is 1. The van der Waals surface area contributed by atoms with Crippen molar-refractivity contribution in [1.29, 1.82) is 0 Å². The molecule has 1 aromatic heterocycles. The van der Waals surface area contributed by atoms with Crippen LogP contribution < -0.4 is 0 Å². The van der Waals surface area contributed by atoms with Crippen LogP contribution in [0.5, 0.6) is 0 Å². The minimum Gasteiger partial charge on any atom is -0.444 e. The number of benzene rings is 2. The van der Waals surface area contributed by atoms with Gasteiger partial charge in [-0.15, -0.1) is 0 Å². The fraction of sp³-hybridized carbons (Fsp3) is 0.535. The van der Waals surface area contributed by atoms with Crippen molar-refractivity contribution in [3.63, 3.8) is 0 Å². The van der Waals surface area contributed by atoms with Crippen LogP contribution in [-0.2, 0) is 27.4 Å². The van der Waals surface area contributed by atoms with Gasteiger partial charge in [-0.1, -0.05) is 43.6 Å². The largest absolute Gasteiger partial charge is 0.444 e. The number of nitrogens with zero attached hydrogens (tertiary/aromatic N) is 5. The van der Waals surface area contributed by atoms with Crippen molar-refractivity contribution in [2.45, 2.75) is 129 Å². The van der Waals surface area contributed by atoms with Gasteiger partial charge in [-0.3, -0.25) is 14.8 Å². The molecule has 0 bridgehead atoms. The third-order valence-corrected chi connectivity index (χ3v) is 11.5. The van der Waals surface area contributed by atoms with Crippen molar-refractivity contribution in [1.82, 2.24) is 19.4 Å². The Hall–Kier alpha value is -4.40. The minimum absolute atomic E-state index is 0.0357. The van der Waals surface area contributed by atoms with Crippen LogP contribution in [-0.4, -0.2) is 82.3 Å². The van der Waals surface area contributed by atoms with E-state index in [4.69, 9.17) is 24.2 Å². The fourth-order valence-electron chi connectivity index (χ4n) is 7.15. The zero-order valence-corrected chi connectivity index (χ0v) is 34.6. The maximum atomic E-state index is 13.2. The van der Waals surface area contributed by atoms with Crippen molar-refractivity contribution in [3.05, 3.63) is 71.2 Å². The monoisotopic (exact) mass is 751 g/mol. The Balaban J connectivity index is 1.16. The summed E-state index contributed by atoms with van der Waals surface area (Å²) in [6, 6.07) is 15.2. The highest BCUT2D eigenvalue weighted by Crippen LogP contribution is 2.36. The first-order chi connectivity index (χ1) is 25.4. The summed E-state index contributed by atoms with van der Waals surface area (Å²) in [6.07, 6.45) is 5.57. The molecule has 2 fully saturated rings. The number of imidazole rings is 1. The number of likely N-dealkylation sites (tertiary alicyclic amines) is 2. The van der Waals surface area contributed by atoms with E-state index in [2.05, 4.69) is 54.2 Å². The zero-order valence-electron chi connectivity index (χ0n) is 33.6. The summed E-state index contributed by atoms with van der Waals surface area (Å²) in [4.78, 5) is 39.6. The number of rotatable bonds is 8. The van der Waals surface area contributed by atoms with E-state index in [-0.39, 0.29) is 24.3 Å². The van der Waals surface area contributed by atoms with E-state index in [9.17, 15) is 9.59 Å². The van der Waals surface area contributed by atoms with Gasteiger partial charge >= 0.3 is 12.2 Å². The molecule has 0 spiro atoms. The van der Waals surface area contributed by atoms with Gasteiger partial charge < -0.3 is 18.8 Å². The van der Waals surface area contributed by atoms with E-state index in [1.54, 1.807) is 0 Å². The Kier molecular flexibility index (Phi) is 11.5. The lowest BCUT2D eigenvalue weighted by molar-refractivity contribution is 0.0203. The molecule has 4 heterocycles. The molecule has 11 heteroatoms. The molecule has 3 aliphatic rings. The van der Waals surface area contributed by atoms with Crippen LogP contribution in [0.3, 0.4) is 0 Å². The van der Waals surface area contributed by atoms with E-state index in [0.29, 0.717) is 32.8 Å². The predicted molar refractivity (Wildman–Crippen MR) is 216 cm³/mol. The number of hydrogen-bond donors (Lipinski definition) is 0. The summed E-state index contributed by atoms with van der Waals surface area (Å²) in [5.41, 5.74) is 5.76. The Morgan fingerprint density at radius 1 is 0.833 bits per heavy atom. The molecule has 2 atom stereocenters. The molecule has 3 aliphatic heterocycles. The third-order valence-electron chi connectivity index (χ3n) is 9.79. The molecule has 0 N–H and O–H groups in total. The summed E-state index contributed by atoms with van der Waals surface area (Å²) in [6.45, 7) is 20.8. The molecule has 288 valence electrons. The lowest BCUT2D eigenvalue weighted by Crippen LogP contribution is -2.43. The lowest BCUT2D eigenvalue weighted by atomic mass is 10.0. The topological polar surface area (TPSA) is 98.5 Å². The summed E-state index contributed by atoms with van der Waals surface area (Å²) in [5, 5.41) is 0. The van der Waals surface area contributed by atoms with Gasteiger partial charge in [0.25, 0.3) is 0 Å². The summed E-state index contributed by atoms with van der Waals surface area (Å²) < 4.78 is 19.8. The van der Waals surface area contributed by atoms with E-state index < -0.39 is 19.3 Å². The molecule has 2 amide bonds. The van der Waals surface area contributed by atoms with E-state index >= 15 is 0 Å². The van der Waals surface area contributed by atoms with Crippen LogP contribution in [0.15, 0.2) is 53.7 Å². The molecule has 3 aromatic rings. The number of hydrogen-bond acceptors (Lipinski definition) is 7. The highest BCUT2D eigenvalue weighted by atomic mass is 28.3. The number of ether oxygens (including phenoxy) is 3. The normalized spacial score (nSPS) is 18.6. The van der Waals surface area contributed by atoms with Crippen LogP contribution in [0.25, 0.3) is 11.3 Å². The number of carbonyl (C=O) groups is 2. The molecule has 0 aliphatic carbocycles. The zero-order chi connectivity index (χ0) is 38.8. The molecular formula is C43H57N5O5Si. The van der Waals surface area contributed by atoms with Crippen LogP contribution >= 0.6 is 0 Å². The maximum Gasteiger partial charge on any atom is 0.410 e. The maximum absolute atomic E-state index is 13.2. The van der Waals surface area contributed by atoms with Crippen molar-refractivity contribution in [2.75, 3.05) is 19.7 Å². The average Bonchev–Trinajstić information content (AvgIpc) is 3.89. The standard InChI is InChI=1S/C43H57N5O5Si/c1-42(2,3)52-40(49)46-22-10-12-36(46)35-27-33-26-31(18-21-34(33)45-35)15-14-30-16-19-32(20-17-30)38-28-44-39(48(38)29-51-24-25-54(7,8)9)37-13-11-23-47(37)41(50)53-43(4,5)6/h16-21,26,28,36-37H,10-13,22-25,27,29H2,1-9H3/t36-,37-/m0/s1. The lowest BCUT2D eigenvalue weighted by Gasteiger charge is -2.29. The van der Waals surface area contributed by atoms with E-state index in [1.165, 1.54) is 0 Å². The fourth-order valence-corrected chi connectivity index (χ4v) is 7.90. The summed E-state index contributed by atoms with van der Waals surface area (Å²) in [5.74, 6) is 7.51. The molecule has 10 nitrogen and oxygen atoms in total. The van der Waals surface area contributed by atoms with Gasteiger partial charge in [-0.05, 0) is 115 Å². The molecule has 0 unspecified atom stereocenters. The second-order valence-corrected chi connectivity index (χ2v) is 23.5. The van der Waals surface area contributed by atoms with Crippen molar-refractivity contribution >= 4 is 31.7 Å². The first-order valence-corrected chi connectivity index (χ1v) is 23.1. The number of carbonyl (C=O) groups excluding carboxylic acids is 2. The van der Waals surface area contributed by atoms with Crippen LogP contribution in [0.1, 0.15) is 95.8 Å². The Bertz CT molecular complexity index is 1940. The van der Waals surface area contributed by atoms with Crippen LogP contribution in [0.2, 0.25) is 25.7 Å². The van der Waals surface area contributed by atoms with Crippen molar-refractivity contribution < 1.29 is 23.8 Å². The molecular weight excluding hydrogens is 695 g/mol. The summed E-state index contributed by atoms with van der Waals surface area (Å²) in [7, 11) is -1.27.